The van der Waals surface area contributed by atoms with Gasteiger partial charge in [-0.1, -0.05) is 51.5 Å². The fraction of sp³-hybridized carbons (Fsp3) is 0.907. The third-order valence-corrected chi connectivity index (χ3v) is 20.9. The number of ether oxygens (including phenoxy) is 10. The van der Waals surface area contributed by atoms with Gasteiger partial charge in [-0.2, -0.15) is 8.42 Å². The van der Waals surface area contributed by atoms with Gasteiger partial charge in [0.15, 0.2) is 25.2 Å². The highest BCUT2D eigenvalue weighted by Crippen LogP contribution is 2.77. The van der Waals surface area contributed by atoms with Crippen LogP contribution in [-0.2, 0) is 66.7 Å². The van der Waals surface area contributed by atoms with Crippen molar-refractivity contribution in [3.05, 3.63) is 23.8 Å². The van der Waals surface area contributed by atoms with Crippen LogP contribution in [0.1, 0.15) is 100 Å². The van der Waals surface area contributed by atoms with Crippen LogP contribution in [0.2, 0.25) is 0 Å². The maximum absolute atomic E-state index is 14.5. The predicted molar refractivity (Wildman–Crippen MR) is 275 cm³/mol. The Bertz CT molecular complexity index is 2480. The summed E-state index contributed by atoms with van der Waals surface area (Å²) >= 11 is 0. The monoisotopic (exact) mass is 1200 g/mol. The molecule has 0 aromatic carbocycles. The molecule has 82 heavy (non-hydrogen) atoms. The lowest BCUT2D eigenvalue weighted by molar-refractivity contribution is -0.389. The molecule has 0 amide bonds. The number of allylic oxidation sites excluding steroid dienone is 1. The molecule has 27 nitrogen and oxygen atoms in total. The number of hydrogen-bond donors (Lipinski definition) is 13. The molecule has 13 N–H and O–H groups in total. The fourth-order valence-corrected chi connectivity index (χ4v) is 16.6. The van der Waals surface area contributed by atoms with Crippen LogP contribution in [0.25, 0.3) is 0 Å². The van der Waals surface area contributed by atoms with E-state index in [4.69, 9.17) is 51.6 Å². The van der Waals surface area contributed by atoms with Crippen molar-refractivity contribution in [1.29, 1.82) is 0 Å². The van der Waals surface area contributed by atoms with Crippen LogP contribution in [0, 0.1) is 33.5 Å². The summed E-state index contributed by atoms with van der Waals surface area (Å²) in [4.78, 5) is 14.5. The van der Waals surface area contributed by atoms with Crippen molar-refractivity contribution in [2.24, 2.45) is 33.5 Å². The van der Waals surface area contributed by atoms with Gasteiger partial charge in [0.1, 0.15) is 102 Å². The van der Waals surface area contributed by atoms with E-state index in [1.54, 1.807) is 39.0 Å². The minimum Gasteiger partial charge on any atom is -0.455 e. The average Bonchev–Trinajstić information content (AvgIpc) is 1.50. The Morgan fingerprint density at radius 3 is 1.90 bits per heavy atom. The van der Waals surface area contributed by atoms with E-state index in [-0.39, 0.29) is 24.7 Å². The van der Waals surface area contributed by atoms with Crippen molar-refractivity contribution in [3.63, 3.8) is 0 Å². The van der Waals surface area contributed by atoms with Gasteiger partial charge in [-0.25, -0.2) is 4.18 Å². The smallest absolute Gasteiger partial charge is 0.397 e. The molecule has 470 valence electrons. The molecule has 0 radical (unpaired) electrons. The van der Waals surface area contributed by atoms with Crippen molar-refractivity contribution < 1.29 is 131 Å². The minimum absolute atomic E-state index is 0.109. The maximum atomic E-state index is 14.5. The molecule has 28 heteroatoms. The number of carbonyl (C=O) groups is 1. The number of carbonyl (C=O) groups excluding carboxylic acids is 1. The van der Waals surface area contributed by atoms with Gasteiger partial charge in [-0.3, -0.25) is 9.35 Å². The Hall–Kier alpha value is -2.02. The van der Waals surface area contributed by atoms with E-state index >= 15 is 0 Å². The molecule has 9 rings (SSSR count). The molecule has 1 spiro atoms. The van der Waals surface area contributed by atoms with Crippen molar-refractivity contribution in [3.8, 4) is 0 Å². The molecule has 4 aliphatic carbocycles. The molecule has 28 atom stereocenters. The molecule has 8 fully saturated rings. The summed E-state index contributed by atoms with van der Waals surface area (Å²) in [6, 6.07) is 0. The summed E-state index contributed by atoms with van der Waals surface area (Å²) in [7, 11) is -4.02. The normalized spacial score (nSPS) is 51.4. The van der Waals surface area contributed by atoms with E-state index in [9.17, 15) is 79.0 Å². The minimum atomic E-state index is -5.20. The fourth-order valence-electron chi connectivity index (χ4n) is 16.1. The Kier molecular flexibility index (Phi) is 18.0. The number of hydrogen-bond acceptors (Lipinski definition) is 26. The summed E-state index contributed by atoms with van der Waals surface area (Å²) in [5, 5.41) is 135. The molecule has 5 aliphatic heterocycles. The Balaban J connectivity index is 0.914. The lowest BCUT2D eigenvalue weighted by Crippen LogP contribution is -2.68. The Labute approximate surface area is 475 Å². The van der Waals surface area contributed by atoms with E-state index < -0.39 is 204 Å². The highest BCUT2D eigenvalue weighted by molar-refractivity contribution is 7.80. The van der Waals surface area contributed by atoms with Crippen molar-refractivity contribution in [2.75, 3.05) is 26.9 Å². The third kappa shape index (κ3) is 10.5. The zero-order valence-electron chi connectivity index (χ0n) is 47.5. The van der Waals surface area contributed by atoms with E-state index in [1.807, 2.05) is 20.8 Å². The number of aliphatic hydroxyl groups excluding tert-OH is 10. The first-order valence-electron chi connectivity index (χ1n) is 28.2. The van der Waals surface area contributed by atoms with Crippen LogP contribution in [0.4, 0.5) is 0 Å². The first-order chi connectivity index (χ1) is 38.1. The highest BCUT2D eigenvalue weighted by atomic mass is 32.3. The van der Waals surface area contributed by atoms with Crippen LogP contribution < -0.4 is 0 Å². The molecule has 28 unspecified atom stereocenters. The van der Waals surface area contributed by atoms with E-state index in [0.29, 0.717) is 32.1 Å². The van der Waals surface area contributed by atoms with Gasteiger partial charge in [0.2, 0.25) is 0 Å². The molecule has 9 aliphatic rings. The lowest BCUT2D eigenvalue weighted by Gasteiger charge is -2.64. The van der Waals surface area contributed by atoms with Crippen LogP contribution in [0.3, 0.4) is 0 Å². The van der Waals surface area contributed by atoms with Crippen LogP contribution in [-0.4, -0.2) is 253 Å². The average molecular weight is 1200 g/mol. The number of rotatable bonds is 16. The van der Waals surface area contributed by atoms with Gasteiger partial charge in [0, 0.05) is 13.5 Å². The second kappa shape index (κ2) is 22.8. The third-order valence-electron chi connectivity index (χ3n) is 20.4. The molecular formula is C54H86O27S. The quantitative estimate of drug-likeness (QED) is 0.0329. The van der Waals surface area contributed by atoms with Crippen molar-refractivity contribution in [2.45, 2.75) is 246 Å². The summed E-state index contributed by atoms with van der Waals surface area (Å²) in [6.07, 6.45) is -26.7. The zero-order chi connectivity index (χ0) is 60.4. The summed E-state index contributed by atoms with van der Waals surface area (Å²) < 4.78 is 97.7. The zero-order valence-corrected chi connectivity index (χ0v) is 48.3. The van der Waals surface area contributed by atoms with Gasteiger partial charge in [0.25, 0.3) is 0 Å². The Morgan fingerprint density at radius 1 is 0.720 bits per heavy atom. The van der Waals surface area contributed by atoms with E-state index in [2.05, 4.69) is 6.92 Å². The second-order valence-corrected chi connectivity index (χ2v) is 27.0. The van der Waals surface area contributed by atoms with Gasteiger partial charge >= 0.3 is 16.4 Å². The lowest BCUT2D eigenvalue weighted by atomic mass is 9.40. The molecule has 0 bridgehead atoms. The molecular weight excluding hydrogens is 1110 g/mol. The molecule has 3 saturated carbocycles. The molecule has 5 heterocycles. The van der Waals surface area contributed by atoms with Gasteiger partial charge in [-0.15, -0.1) is 0 Å². The standard InChI is InChI=1S/C54H86O27S/c1-23-39(77-45-38(64)41(33(59)27(21-56)75-45)78-44-37(63)40(71-9)32(58)26(20-55)74-44)35(61)36(62)43(73-23)79-42-34(60)28(81-82(68,69)70)22-72-46(42)76-31-13-16-50(6)25-19-30(57)54-47(65)80-52(8,15-10-14-48(2,3)66)53(54,67)18-17-51(54,7)24(25)11-12-29(50)49(31,4)5/h10,14,19,23-24,26-46,55-64,66-67H,11-13,15-18,20-22H2,1-9H3,(H,68,69,70). The Morgan fingerprint density at radius 2 is 1.30 bits per heavy atom. The molecule has 5 saturated heterocycles. The number of esters is 1. The predicted octanol–water partition coefficient (Wildman–Crippen LogP) is -2.50. The number of aliphatic hydroxyl groups is 12. The molecule has 0 aromatic rings. The first-order valence-corrected chi connectivity index (χ1v) is 29.6. The SMILES string of the molecule is COC1C(O)C(CO)OC(OC2C(O)C(CO)OC(OC3C(C)OC(OC4C(OC5CCC6(C)C7=CC(O)C89C(=O)OC(C)(CC=CC(C)(C)O)C8(O)CCC9(C)C7CCC6C5(C)C)OCC(OS(=O)(=O)O)C4O)C(O)C3O)C2O)C1O. The topological polar surface area (TPSA) is 416 Å². The van der Waals surface area contributed by atoms with Gasteiger partial charge < -0.3 is 109 Å². The number of methoxy groups -OCH3 is 1. The number of cyclic esters (lactones) is 1. The van der Waals surface area contributed by atoms with E-state index in [1.165, 1.54) is 14.0 Å². The van der Waals surface area contributed by atoms with Gasteiger partial charge in [0.05, 0.1) is 43.7 Å². The van der Waals surface area contributed by atoms with Crippen molar-refractivity contribution in [1.82, 2.24) is 0 Å². The first kappa shape index (κ1) is 64.5. The number of fused-ring (bicyclic) bond motifs is 4. The molecule has 0 aromatic heterocycles. The van der Waals surface area contributed by atoms with Crippen LogP contribution >= 0.6 is 0 Å². The van der Waals surface area contributed by atoms with E-state index in [0.717, 1.165) is 5.57 Å². The summed E-state index contributed by atoms with van der Waals surface area (Å²) in [5.74, 6) is -1.05. The summed E-state index contributed by atoms with van der Waals surface area (Å²) in [5.41, 5.74) is -7.26. The summed E-state index contributed by atoms with van der Waals surface area (Å²) in [6.45, 7) is 12.2. The van der Waals surface area contributed by atoms with Crippen molar-refractivity contribution >= 4 is 16.4 Å². The van der Waals surface area contributed by atoms with Gasteiger partial charge in [-0.05, 0) is 94.3 Å². The second-order valence-electron chi connectivity index (χ2n) is 26.0. The van der Waals surface area contributed by atoms with Crippen LogP contribution in [0.5, 0.6) is 0 Å². The maximum Gasteiger partial charge on any atom is 0.397 e. The highest BCUT2D eigenvalue weighted by Gasteiger charge is 2.85. The largest absolute Gasteiger partial charge is 0.455 e. The van der Waals surface area contributed by atoms with Crippen LogP contribution in [0.15, 0.2) is 23.8 Å².